The molecular weight excluding hydrogens is 817 g/mol. The van der Waals surface area contributed by atoms with Crippen LogP contribution in [0.15, 0.2) is 30.4 Å². The lowest BCUT2D eigenvalue weighted by molar-refractivity contribution is -0.257. The first-order valence-corrected chi connectivity index (χ1v) is 21.9. The average Bonchev–Trinajstić information content (AvgIpc) is 4.03. The Bertz CT molecular complexity index is 2130. The van der Waals surface area contributed by atoms with Gasteiger partial charge < -0.3 is 19.1 Å². The van der Waals surface area contributed by atoms with E-state index >= 15 is 0 Å². The molecular formula is C41H52ClF3N4O9S. The summed E-state index contributed by atoms with van der Waals surface area (Å²) in [5.74, 6) is -4.90. The number of sulfonamides is 1. The molecule has 2 aromatic rings. The van der Waals surface area contributed by atoms with Gasteiger partial charge >= 0.3 is 12.1 Å². The second kappa shape index (κ2) is 16.5. The molecule has 2 aliphatic carbocycles. The zero-order chi connectivity index (χ0) is 43.3. The molecule has 0 unspecified atom stereocenters. The third-order valence-corrected chi connectivity index (χ3v) is 15.1. The van der Waals surface area contributed by atoms with Crippen LogP contribution in [0.2, 0.25) is 5.15 Å². The van der Waals surface area contributed by atoms with Crippen LogP contribution in [0.5, 0.6) is 11.6 Å². The molecule has 324 valence electrons. The molecule has 0 bridgehead atoms. The molecule has 1 aromatic carbocycles. The van der Waals surface area contributed by atoms with Crippen LogP contribution in [0, 0.1) is 29.1 Å². The predicted molar refractivity (Wildman–Crippen MR) is 211 cm³/mol. The summed E-state index contributed by atoms with van der Waals surface area (Å²) in [7, 11) is -2.56. The maximum Gasteiger partial charge on any atom is 0.427 e. The number of nitrogens with zero attached hydrogens (tertiary/aromatic N) is 3. The lowest BCUT2D eigenvalue weighted by Gasteiger charge is -2.34. The topological polar surface area (TPSA) is 171 Å². The summed E-state index contributed by atoms with van der Waals surface area (Å²) in [6, 6.07) is 3.75. The van der Waals surface area contributed by atoms with Crippen molar-refractivity contribution in [3.8, 4) is 11.6 Å². The number of esters is 1. The first-order chi connectivity index (χ1) is 27.5. The van der Waals surface area contributed by atoms with Crippen LogP contribution < -0.4 is 14.2 Å². The highest BCUT2D eigenvalue weighted by Gasteiger charge is 2.63. The molecule has 3 heterocycles. The van der Waals surface area contributed by atoms with Gasteiger partial charge in [0.1, 0.15) is 11.9 Å². The fourth-order valence-corrected chi connectivity index (χ4v) is 9.77. The number of carbonyl (C=O) groups excluding carboxylic acids is 4. The van der Waals surface area contributed by atoms with Crippen LogP contribution in [0.25, 0.3) is 11.0 Å². The monoisotopic (exact) mass is 868 g/mol. The van der Waals surface area contributed by atoms with Crippen molar-refractivity contribution in [3.63, 3.8) is 0 Å². The van der Waals surface area contributed by atoms with Crippen LogP contribution >= 0.6 is 11.6 Å². The third-order valence-electron chi connectivity index (χ3n) is 12.6. The van der Waals surface area contributed by atoms with Crippen molar-refractivity contribution < 1.29 is 55.0 Å². The van der Waals surface area contributed by atoms with Crippen molar-refractivity contribution >= 4 is 56.2 Å². The molecule has 4 aliphatic rings. The summed E-state index contributed by atoms with van der Waals surface area (Å²) >= 11 is 6.52. The Morgan fingerprint density at radius 3 is 2.46 bits per heavy atom. The number of benzene rings is 1. The predicted octanol–water partition coefficient (Wildman–Crippen LogP) is 6.90. The lowest BCUT2D eigenvalue weighted by Crippen LogP contribution is -2.49. The summed E-state index contributed by atoms with van der Waals surface area (Å²) in [5.41, 5.74) is -3.40. The van der Waals surface area contributed by atoms with Crippen molar-refractivity contribution in [2.75, 3.05) is 13.7 Å². The largest absolute Gasteiger partial charge is 0.497 e. The molecule has 0 spiro atoms. The minimum absolute atomic E-state index is 0.00341. The van der Waals surface area contributed by atoms with Crippen molar-refractivity contribution in [2.45, 2.75) is 127 Å². The van der Waals surface area contributed by atoms with Crippen molar-refractivity contribution in [1.82, 2.24) is 19.6 Å². The van der Waals surface area contributed by atoms with Crippen LogP contribution in [0.1, 0.15) is 98.8 Å². The number of rotatable bonds is 10. The number of hydrogen-bond acceptors (Lipinski definition) is 11. The van der Waals surface area contributed by atoms with Crippen LogP contribution in [-0.4, -0.2) is 89.2 Å². The number of allylic oxidation sites excluding steroid dienone is 2. The lowest BCUT2D eigenvalue weighted by atomic mass is 9.79. The van der Waals surface area contributed by atoms with E-state index in [1.807, 2.05) is 26.0 Å². The van der Waals surface area contributed by atoms with Gasteiger partial charge in [-0.2, -0.15) is 13.2 Å². The maximum atomic E-state index is 15.0. The smallest absolute Gasteiger partial charge is 0.427 e. The highest BCUT2D eigenvalue weighted by Crippen LogP contribution is 2.58. The molecule has 18 heteroatoms. The van der Waals surface area contributed by atoms with Crippen molar-refractivity contribution in [2.24, 2.45) is 29.1 Å². The molecule has 0 radical (unpaired) electrons. The van der Waals surface area contributed by atoms with E-state index in [1.54, 1.807) is 25.1 Å². The number of fused-ring (bicyclic) bond motifs is 3. The third kappa shape index (κ3) is 9.35. The van der Waals surface area contributed by atoms with E-state index in [0.717, 1.165) is 13.8 Å². The van der Waals surface area contributed by atoms with Gasteiger partial charge in [-0.05, 0) is 89.2 Å². The van der Waals surface area contributed by atoms with Gasteiger partial charge in [0, 0.05) is 18.9 Å². The molecule has 3 fully saturated rings. The minimum atomic E-state index is -4.88. The number of alkyl halides is 3. The number of nitrogens with one attached hydrogen (secondary N) is 1. The fraction of sp³-hybridized carbons (Fsp3) is 0.659. The number of hydrogen-bond donors (Lipinski definition) is 1. The second-order valence-electron chi connectivity index (χ2n) is 17.5. The van der Waals surface area contributed by atoms with Gasteiger partial charge in [0.25, 0.3) is 5.88 Å². The molecule has 2 saturated carbocycles. The Labute approximate surface area is 347 Å². The van der Waals surface area contributed by atoms with Gasteiger partial charge in [-0.1, -0.05) is 44.0 Å². The number of halogens is 4. The minimum Gasteiger partial charge on any atom is -0.497 e. The van der Waals surface area contributed by atoms with Crippen LogP contribution in [0.4, 0.5) is 13.2 Å². The van der Waals surface area contributed by atoms with Gasteiger partial charge in [0.05, 0.1) is 53.2 Å². The molecule has 1 saturated heterocycles. The molecule has 7 atom stereocenters. The zero-order valence-electron chi connectivity index (χ0n) is 34.1. The number of Topliss-reactive ketones (excluding diaryl/α,β-unsaturated/α-hetero) is 1. The van der Waals surface area contributed by atoms with E-state index in [1.165, 1.54) is 12.0 Å². The number of methoxy groups -OCH3 is 1. The number of ketones is 1. The van der Waals surface area contributed by atoms with Crippen molar-refractivity contribution in [3.05, 3.63) is 35.5 Å². The van der Waals surface area contributed by atoms with E-state index < -0.39 is 98.3 Å². The molecule has 2 amide bonds. The van der Waals surface area contributed by atoms with Crippen molar-refractivity contribution in [1.29, 1.82) is 0 Å². The van der Waals surface area contributed by atoms with E-state index in [0.29, 0.717) is 55.3 Å². The molecule has 6 rings (SSSR count). The summed E-state index contributed by atoms with van der Waals surface area (Å²) in [6.07, 6.45) is -0.154. The van der Waals surface area contributed by atoms with Gasteiger partial charge in [-0.25, -0.2) is 18.4 Å². The number of carbonyl (C=O) groups is 4. The second-order valence-corrected chi connectivity index (χ2v) is 20.0. The highest BCUT2D eigenvalue weighted by atomic mass is 35.5. The first-order valence-electron chi connectivity index (χ1n) is 20.1. The number of ether oxygens (including phenoxy) is 3. The molecule has 1 N–H and O–H groups in total. The van der Waals surface area contributed by atoms with Gasteiger partial charge in [-0.3, -0.25) is 23.9 Å². The SMILES string of the molecule is CC[C@@H]1C[C@H](C)CC/C=C\[C@@H]2C[C@@]2(C(=O)NS(=O)(=O)C2(C)CC2)CC(=O)[C@@H]2C[C@@H](Oc3nc4cc(OC)ccc4nc3Cl)CN2C(=O)[C@H]1CC(=O)OC(C)(C)C(F)(F)F. The quantitative estimate of drug-likeness (QED) is 0.195. The summed E-state index contributed by atoms with van der Waals surface area (Å²) in [6.45, 7) is 6.63. The average molecular weight is 869 g/mol. The molecule has 1 aromatic heterocycles. The maximum absolute atomic E-state index is 15.0. The van der Waals surface area contributed by atoms with E-state index in [9.17, 15) is 40.8 Å². The standard InChI is InChI=1S/C41H52ClF3N4O9S/c1-7-24-16-23(2)10-8-9-11-25-20-40(25,37(53)48-59(54,55)39(5)14-15-39)21-32(50)31-18-27(57-35-34(42)46-29-13-12-26(56-6)17-30(29)47-35)22-49(31)36(52)28(24)19-33(51)58-38(3,4)41(43,44)45/h9,11-13,17,23-25,27-28,31H,7-8,10,14-16,18-22H2,1-6H3,(H,48,53)/b11-9-/t23-,24-,25-,27-,28+,31+,40-/m1/s1. The zero-order valence-corrected chi connectivity index (χ0v) is 35.6. The molecule has 59 heavy (non-hydrogen) atoms. The Hall–Kier alpha value is -3.99. The Morgan fingerprint density at radius 1 is 1.10 bits per heavy atom. The molecule has 2 aliphatic heterocycles. The summed E-state index contributed by atoms with van der Waals surface area (Å²) in [5, 5.41) is -0.0912. The van der Waals surface area contributed by atoms with E-state index in [4.69, 9.17) is 25.8 Å². The fourth-order valence-electron chi connectivity index (χ4n) is 8.26. The van der Waals surface area contributed by atoms with Gasteiger partial charge in [-0.15, -0.1) is 0 Å². The van der Waals surface area contributed by atoms with Gasteiger partial charge in [0.2, 0.25) is 27.4 Å². The Morgan fingerprint density at radius 2 is 1.81 bits per heavy atom. The Balaban J connectivity index is 1.37. The van der Waals surface area contributed by atoms with E-state index in [-0.39, 0.29) is 36.3 Å². The first kappa shape index (κ1) is 44.6. The molecule has 13 nitrogen and oxygen atoms in total. The normalized spacial score (nSPS) is 29.4. The van der Waals surface area contributed by atoms with E-state index in [2.05, 4.69) is 14.7 Å². The number of amides is 2. The van der Waals surface area contributed by atoms with Gasteiger partial charge in [0.15, 0.2) is 10.9 Å². The number of aromatic nitrogens is 2. The summed E-state index contributed by atoms with van der Waals surface area (Å²) in [4.78, 5) is 67.1. The van der Waals surface area contributed by atoms with Crippen LogP contribution in [0.3, 0.4) is 0 Å². The van der Waals surface area contributed by atoms with Crippen LogP contribution in [-0.2, 0) is 33.9 Å². The Kier molecular flexibility index (Phi) is 12.4. The highest BCUT2D eigenvalue weighted by molar-refractivity contribution is 7.91. The summed E-state index contributed by atoms with van der Waals surface area (Å²) < 4.78 is 85.6.